The van der Waals surface area contributed by atoms with Crippen molar-refractivity contribution in [2.24, 2.45) is 0 Å². The van der Waals surface area contributed by atoms with E-state index in [9.17, 15) is 9.50 Å². The van der Waals surface area contributed by atoms with Crippen molar-refractivity contribution >= 4 is 0 Å². The van der Waals surface area contributed by atoms with E-state index in [1.807, 2.05) is 24.3 Å². The van der Waals surface area contributed by atoms with Crippen LogP contribution in [0.3, 0.4) is 0 Å². The summed E-state index contributed by atoms with van der Waals surface area (Å²) in [6.45, 7) is 1.69. The van der Waals surface area contributed by atoms with Gasteiger partial charge in [-0.2, -0.15) is 0 Å². The van der Waals surface area contributed by atoms with Gasteiger partial charge in [-0.3, -0.25) is 0 Å². The first kappa shape index (κ1) is 13.6. The van der Waals surface area contributed by atoms with Gasteiger partial charge >= 0.3 is 0 Å². The number of methoxy groups -OCH3 is 1. The SMILES string of the molecule is COc1ccc(CC(C)(O)c2cccc(F)c2)cc1. The Labute approximate surface area is 112 Å². The van der Waals surface area contributed by atoms with Gasteiger partial charge in [-0.05, 0) is 42.3 Å². The van der Waals surface area contributed by atoms with E-state index >= 15 is 0 Å². The molecule has 1 atom stereocenters. The summed E-state index contributed by atoms with van der Waals surface area (Å²) in [5.41, 5.74) is 0.440. The minimum Gasteiger partial charge on any atom is -0.497 e. The molecule has 2 aromatic carbocycles. The molecule has 2 rings (SSSR count). The van der Waals surface area contributed by atoms with E-state index in [-0.39, 0.29) is 5.82 Å². The fraction of sp³-hybridized carbons (Fsp3) is 0.250. The van der Waals surface area contributed by atoms with Gasteiger partial charge in [0, 0.05) is 6.42 Å². The third-order valence-electron chi connectivity index (χ3n) is 3.15. The quantitative estimate of drug-likeness (QED) is 0.914. The average molecular weight is 260 g/mol. The molecule has 3 heteroatoms. The fourth-order valence-corrected chi connectivity index (χ4v) is 2.07. The zero-order chi connectivity index (χ0) is 13.9. The van der Waals surface area contributed by atoms with E-state index in [0.717, 1.165) is 11.3 Å². The second-order valence-corrected chi connectivity index (χ2v) is 4.81. The Morgan fingerprint density at radius 2 is 1.84 bits per heavy atom. The van der Waals surface area contributed by atoms with Crippen molar-refractivity contribution in [3.05, 3.63) is 65.5 Å². The predicted octanol–water partition coefficient (Wildman–Crippen LogP) is 3.28. The average Bonchev–Trinajstić information content (AvgIpc) is 2.39. The van der Waals surface area contributed by atoms with Gasteiger partial charge in [0.25, 0.3) is 0 Å². The van der Waals surface area contributed by atoms with Crippen molar-refractivity contribution in [3.8, 4) is 5.75 Å². The zero-order valence-corrected chi connectivity index (χ0v) is 11.1. The number of hydrogen-bond acceptors (Lipinski definition) is 2. The minimum absolute atomic E-state index is 0.340. The van der Waals surface area contributed by atoms with Crippen LogP contribution in [0.2, 0.25) is 0 Å². The van der Waals surface area contributed by atoms with E-state index in [1.54, 1.807) is 26.2 Å². The molecule has 0 aliphatic carbocycles. The van der Waals surface area contributed by atoms with Gasteiger partial charge in [-0.15, -0.1) is 0 Å². The van der Waals surface area contributed by atoms with Gasteiger partial charge in [-0.25, -0.2) is 4.39 Å². The summed E-state index contributed by atoms with van der Waals surface area (Å²) in [6.07, 6.45) is 0.417. The lowest BCUT2D eigenvalue weighted by Gasteiger charge is -2.24. The van der Waals surface area contributed by atoms with Gasteiger partial charge in [0.05, 0.1) is 12.7 Å². The lowest BCUT2D eigenvalue weighted by Crippen LogP contribution is -2.24. The summed E-state index contributed by atoms with van der Waals surface area (Å²) in [5.74, 6) is 0.432. The maximum absolute atomic E-state index is 13.2. The van der Waals surface area contributed by atoms with Crippen molar-refractivity contribution < 1.29 is 14.2 Å². The fourth-order valence-electron chi connectivity index (χ4n) is 2.07. The number of rotatable bonds is 4. The second kappa shape index (κ2) is 5.41. The smallest absolute Gasteiger partial charge is 0.123 e. The summed E-state index contributed by atoms with van der Waals surface area (Å²) in [4.78, 5) is 0. The molecule has 100 valence electrons. The highest BCUT2D eigenvalue weighted by Gasteiger charge is 2.23. The maximum Gasteiger partial charge on any atom is 0.123 e. The molecule has 19 heavy (non-hydrogen) atoms. The van der Waals surface area contributed by atoms with Crippen molar-refractivity contribution in [1.29, 1.82) is 0 Å². The summed E-state index contributed by atoms with van der Waals surface area (Å²) in [5, 5.41) is 10.5. The maximum atomic E-state index is 13.2. The van der Waals surface area contributed by atoms with E-state index in [1.165, 1.54) is 12.1 Å². The molecule has 0 amide bonds. The first-order valence-corrected chi connectivity index (χ1v) is 6.12. The van der Waals surface area contributed by atoms with E-state index in [4.69, 9.17) is 4.74 Å². The molecule has 0 saturated carbocycles. The van der Waals surface area contributed by atoms with Crippen LogP contribution >= 0.6 is 0 Å². The molecule has 0 radical (unpaired) electrons. The number of benzene rings is 2. The minimum atomic E-state index is -1.10. The molecular formula is C16H17FO2. The summed E-state index contributed by atoms with van der Waals surface area (Å²) < 4.78 is 18.3. The van der Waals surface area contributed by atoms with Crippen LogP contribution in [0.1, 0.15) is 18.1 Å². The van der Waals surface area contributed by atoms with Gasteiger partial charge in [0.1, 0.15) is 11.6 Å². The molecule has 2 nitrogen and oxygen atoms in total. The Kier molecular flexibility index (Phi) is 3.86. The van der Waals surface area contributed by atoms with Crippen LogP contribution in [0.5, 0.6) is 5.75 Å². The molecule has 1 unspecified atom stereocenters. The first-order chi connectivity index (χ1) is 9.01. The third-order valence-corrected chi connectivity index (χ3v) is 3.15. The van der Waals surface area contributed by atoms with Crippen LogP contribution < -0.4 is 4.74 Å². The molecule has 0 heterocycles. The van der Waals surface area contributed by atoms with Gasteiger partial charge in [-0.1, -0.05) is 24.3 Å². The Bertz CT molecular complexity index is 547. The van der Waals surface area contributed by atoms with Crippen molar-refractivity contribution in [3.63, 3.8) is 0 Å². The normalized spacial score (nSPS) is 13.9. The van der Waals surface area contributed by atoms with Crippen molar-refractivity contribution in [2.75, 3.05) is 7.11 Å². The standard InChI is InChI=1S/C16H17FO2/c1-16(18,13-4-3-5-14(17)10-13)11-12-6-8-15(19-2)9-7-12/h3-10,18H,11H2,1-2H3. The highest BCUT2D eigenvalue weighted by molar-refractivity contribution is 5.30. The van der Waals surface area contributed by atoms with Gasteiger partial charge in [0.15, 0.2) is 0 Å². The topological polar surface area (TPSA) is 29.5 Å². The summed E-state index contributed by atoms with van der Waals surface area (Å²) in [6, 6.07) is 13.5. The predicted molar refractivity (Wildman–Crippen MR) is 72.7 cm³/mol. The number of halogens is 1. The second-order valence-electron chi connectivity index (χ2n) is 4.81. The molecule has 0 aliphatic heterocycles. The highest BCUT2D eigenvalue weighted by atomic mass is 19.1. The Balaban J connectivity index is 2.20. The van der Waals surface area contributed by atoms with Crippen LogP contribution in [-0.4, -0.2) is 12.2 Å². The molecule has 0 spiro atoms. The summed E-state index contributed by atoms with van der Waals surface area (Å²) in [7, 11) is 1.61. The Hall–Kier alpha value is -1.87. The number of ether oxygens (including phenoxy) is 1. The molecular weight excluding hydrogens is 243 g/mol. The molecule has 1 N–H and O–H groups in total. The van der Waals surface area contributed by atoms with Crippen molar-refractivity contribution in [2.45, 2.75) is 18.9 Å². The van der Waals surface area contributed by atoms with Crippen LogP contribution in [0, 0.1) is 5.82 Å². The highest BCUT2D eigenvalue weighted by Crippen LogP contribution is 2.26. The van der Waals surface area contributed by atoms with Crippen LogP contribution in [-0.2, 0) is 12.0 Å². The van der Waals surface area contributed by atoms with Gasteiger partial charge in [0.2, 0.25) is 0 Å². The first-order valence-electron chi connectivity index (χ1n) is 6.12. The van der Waals surface area contributed by atoms with Crippen molar-refractivity contribution in [1.82, 2.24) is 0 Å². The molecule has 0 fully saturated rings. The summed E-state index contributed by atoms with van der Waals surface area (Å²) >= 11 is 0. The molecule has 0 aliphatic rings. The molecule has 0 saturated heterocycles. The van der Waals surface area contributed by atoms with E-state index in [0.29, 0.717) is 12.0 Å². The number of aliphatic hydroxyl groups is 1. The third kappa shape index (κ3) is 3.32. The Morgan fingerprint density at radius 3 is 2.42 bits per heavy atom. The van der Waals surface area contributed by atoms with E-state index < -0.39 is 5.60 Å². The van der Waals surface area contributed by atoms with Crippen LogP contribution in [0.4, 0.5) is 4.39 Å². The lowest BCUT2D eigenvalue weighted by molar-refractivity contribution is 0.0573. The molecule has 0 aromatic heterocycles. The number of hydrogen-bond donors (Lipinski definition) is 1. The van der Waals surface area contributed by atoms with Crippen LogP contribution in [0.25, 0.3) is 0 Å². The zero-order valence-electron chi connectivity index (χ0n) is 11.1. The largest absolute Gasteiger partial charge is 0.497 e. The van der Waals surface area contributed by atoms with E-state index in [2.05, 4.69) is 0 Å². The van der Waals surface area contributed by atoms with Crippen LogP contribution in [0.15, 0.2) is 48.5 Å². The Morgan fingerprint density at radius 1 is 1.16 bits per heavy atom. The molecule has 2 aromatic rings. The van der Waals surface area contributed by atoms with Gasteiger partial charge < -0.3 is 9.84 Å². The monoisotopic (exact) mass is 260 g/mol. The lowest BCUT2D eigenvalue weighted by atomic mass is 9.89. The molecule has 0 bridgehead atoms.